The average Bonchev–Trinajstić information content (AvgIpc) is 2.93. The third-order valence-electron chi connectivity index (χ3n) is 6.31. The second-order valence-electron chi connectivity index (χ2n) is 7.66. The lowest BCUT2D eigenvalue weighted by Gasteiger charge is -2.56. The molecule has 2 bridgehead atoms. The number of carboxylic acids is 1. The molecule has 8 heteroatoms. The van der Waals surface area contributed by atoms with Crippen LogP contribution in [0.4, 0.5) is 14.6 Å². The first-order valence-corrected chi connectivity index (χ1v) is 10.4. The molecule has 3 atom stereocenters. The molecule has 2 aliphatic heterocycles. The molecule has 1 N–H and O–H groups in total. The highest BCUT2D eigenvalue weighted by Crippen LogP contribution is 2.52. The number of aromatic nitrogens is 2. The zero-order valence-electron chi connectivity index (χ0n) is 14.9. The number of anilines is 1. The topological polar surface area (TPSA) is 66.3 Å². The molecule has 2 aliphatic carbocycles. The second-order valence-corrected chi connectivity index (χ2v) is 8.43. The maximum atomic E-state index is 14.2. The van der Waals surface area contributed by atoms with Crippen molar-refractivity contribution in [1.29, 1.82) is 0 Å². The van der Waals surface area contributed by atoms with E-state index in [4.69, 9.17) is 0 Å². The number of fused-ring (bicyclic) bond motifs is 3. The first kappa shape index (κ1) is 17.9. The van der Waals surface area contributed by atoms with Gasteiger partial charge in [0.2, 0.25) is 0 Å². The van der Waals surface area contributed by atoms with Gasteiger partial charge < -0.3 is 10.0 Å². The summed E-state index contributed by atoms with van der Waals surface area (Å²) < 4.78 is 28.4. The minimum Gasteiger partial charge on any atom is -0.481 e. The van der Waals surface area contributed by atoms with Crippen LogP contribution in [0.5, 0.6) is 0 Å². The third kappa shape index (κ3) is 2.68. The van der Waals surface area contributed by atoms with E-state index >= 15 is 0 Å². The normalized spacial score (nSPS) is 29.8. The second kappa shape index (κ2) is 6.32. The first-order valence-electron chi connectivity index (χ1n) is 9.16. The van der Waals surface area contributed by atoms with Crippen molar-refractivity contribution in [1.82, 2.24) is 9.97 Å². The zero-order valence-corrected chi connectivity index (χ0v) is 15.7. The SMILES string of the molecule is CCC(C(=O)O)C1C2CC1CN(c1nc(SC)nc3c1CCC3(F)F)C2. The van der Waals surface area contributed by atoms with E-state index in [1.807, 2.05) is 6.92 Å². The quantitative estimate of drug-likeness (QED) is 0.621. The zero-order chi connectivity index (χ0) is 18.6. The van der Waals surface area contributed by atoms with Gasteiger partial charge in [-0.3, -0.25) is 4.79 Å². The summed E-state index contributed by atoms with van der Waals surface area (Å²) in [6.45, 7) is 3.33. The van der Waals surface area contributed by atoms with Gasteiger partial charge in [-0.15, -0.1) is 0 Å². The Morgan fingerprint density at radius 2 is 2.08 bits per heavy atom. The molecule has 0 aromatic carbocycles. The molecule has 0 radical (unpaired) electrons. The summed E-state index contributed by atoms with van der Waals surface area (Å²) in [5.41, 5.74) is 0.468. The largest absolute Gasteiger partial charge is 0.481 e. The Hall–Kier alpha value is -1.44. The molecule has 26 heavy (non-hydrogen) atoms. The predicted octanol–water partition coefficient (Wildman–Crippen LogP) is 3.42. The highest BCUT2D eigenvalue weighted by Gasteiger charge is 2.52. The average molecular weight is 383 g/mol. The lowest BCUT2D eigenvalue weighted by atomic mass is 9.56. The van der Waals surface area contributed by atoms with E-state index in [0.29, 0.717) is 54.3 Å². The van der Waals surface area contributed by atoms with Crippen molar-refractivity contribution in [2.75, 3.05) is 24.2 Å². The molecule has 3 fully saturated rings. The summed E-state index contributed by atoms with van der Waals surface area (Å²) in [4.78, 5) is 22.3. The smallest absolute Gasteiger partial charge is 0.306 e. The van der Waals surface area contributed by atoms with E-state index in [1.54, 1.807) is 6.26 Å². The fraction of sp³-hybridized carbons (Fsp3) is 0.722. The molecule has 5 nitrogen and oxygen atoms in total. The minimum atomic E-state index is -2.88. The van der Waals surface area contributed by atoms with Crippen molar-refractivity contribution in [2.45, 2.75) is 43.7 Å². The van der Waals surface area contributed by atoms with Crippen LogP contribution in [0.15, 0.2) is 5.16 Å². The van der Waals surface area contributed by atoms with Gasteiger partial charge >= 0.3 is 5.97 Å². The first-order chi connectivity index (χ1) is 12.4. The lowest BCUT2D eigenvalue weighted by Crippen LogP contribution is -2.58. The van der Waals surface area contributed by atoms with Crippen LogP contribution in [0.25, 0.3) is 0 Å². The number of carboxylic acid groups (broad SMARTS) is 1. The van der Waals surface area contributed by atoms with Crippen LogP contribution in [0.3, 0.4) is 0 Å². The summed E-state index contributed by atoms with van der Waals surface area (Å²) in [6, 6.07) is 0. The van der Waals surface area contributed by atoms with Gasteiger partial charge in [0.15, 0.2) is 5.16 Å². The van der Waals surface area contributed by atoms with E-state index in [1.165, 1.54) is 11.8 Å². The van der Waals surface area contributed by atoms with Gasteiger partial charge in [0.05, 0.1) is 5.92 Å². The van der Waals surface area contributed by atoms with Gasteiger partial charge in [-0.25, -0.2) is 9.97 Å². The van der Waals surface area contributed by atoms with Crippen LogP contribution >= 0.6 is 11.8 Å². The van der Waals surface area contributed by atoms with Gasteiger partial charge in [0.1, 0.15) is 11.5 Å². The van der Waals surface area contributed by atoms with Gasteiger partial charge in [-0.1, -0.05) is 18.7 Å². The van der Waals surface area contributed by atoms with E-state index in [9.17, 15) is 18.7 Å². The Bertz CT molecular complexity index is 733. The predicted molar refractivity (Wildman–Crippen MR) is 94.7 cm³/mol. The van der Waals surface area contributed by atoms with Crippen molar-refractivity contribution < 1.29 is 18.7 Å². The molecular weight excluding hydrogens is 360 g/mol. The van der Waals surface area contributed by atoms with Crippen molar-refractivity contribution in [3.05, 3.63) is 11.3 Å². The Kier molecular flexibility index (Phi) is 4.36. The maximum Gasteiger partial charge on any atom is 0.306 e. The molecule has 1 aromatic heterocycles. The van der Waals surface area contributed by atoms with Gasteiger partial charge in [-0.05, 0) is 43.3 Å². The monoisotopic (exact) mass is 383 g/mol. The number of nitrogens with zero attached hydrogens (tertiary/aromatic N) is 3. The number of halogens is 2. The van der Waals surface area contributed by atoms with Crippen LogP contribution in [-0.4, -0.2) is 40.4 Å². The Labute approximate surface area is 155 Å². The number of aliphatic carboxylic acids is 1. The highest BCUT2D eigenvalue weighted by molar-refractivity contribution is 7.98. The summed E-state index contributed by atoms with van der Waals surface area (Å²) in [6.07, 6.45) is 3.56. The standard InChI is InChI=1S/C18H23F2N3O2S/c1-3-11(16(24)25)13-9-6-10(13)8-23(7-9)15-12-4-5-18(19,20)14(12)21-17(22-15)26-2/h9-11,13H,3-8H2,1-2H3,(H,24,25). The van der Waals surface area contributed by atoms with Crippen LogP contribution < -0.4 is 4.90 Å². The number of rotatable bonds is 5. The molecule has 3 heterocycles. The van der Waals surface area contributed by atoms with Crippen LogP contribution in [0, 0.1) is 23.7 Å². The van der Waals surface area contributed by atoms with Gasteiger partial charge in [0, 0.05) is 25.1 Å². The number of thioether (sulfide) groups is 1. The van der Waals surface area contributed by atoms with Crippen LogP contribution in [-0.2, 0) is 17.1 Å². The molecular formula is C18H23F2N3O2S. The fourth-order valence-corrected chi connectivity index (χ4v) is 5.47. The molecule has 4 aliphatic rings. The highest BCUT2D eigenvalue weighted by atomic mass is 32.2. The molecule has 3 unspecified atom stereocenters. The Morgan fingerprint density at radius 1 is 1.38 bits per heavy atom. The van der Waals surface area contributed by atoms with Crippen molar-refractivity contribution in [3.8, 4) is 0 Å². The van der Waals surface area contributed by atoms with Crippen LogP contribution in [0.1, 0.15) is 37.4 Å². The summed E-state index contributed by atoms with van der Waals surface area (Å²) >= 11 is 1.28. The Morgan fingerprint density at radius 3 is 2.65 bits per heavy atom. The van der Waals surface area contributed by atoms with Gasteiger partial charge in [-0.2, -0.15) is 8.78 Å². The summed E-state index contributed by atoms with van der Waals surface area (Å²) in [5, 5.41) is 9.86. The summed E-state index contributed by atoms with van der Waals surface area (Å²) in [5.74, 6) is -2.44. The minimum absolute atomic E-state index is 0.111. The number of alkyl halides is 2. The number of carbonyl (C=O) groups is 1. The van der Waals surface area contributed by atoms with Crippen molar-refractivity contribution in [3.63, 3.8) is 0 Å². The number of hydrogen-bond donors (Lipinski definition) is 1. The Balaban J connectivity index is 1.62. The fourth-order valence-electron chi connectivity index (χ4n) is 5.10. The molecule has 1 aromatic rings. The van der Waals surface area contributed by atoms with Crippen molar-refractivity contribution in [2.24, 2.45) is 23.7 Å². The maximum absolute atomic E-state index is 14.2. The molecule has 2 saturated heterocycles. The van der Waals surface area contributed by atoms with Crippen molar-refractivity contribution >= 4 is 23.5 Å². The molecule has 1 saturated carbocycles. The summed E-state index contributed by atoms with van der Waals surface area (Å²) in [7, 11) is 0. The van der Waals surface area contributed by atoms with Gasteiger partial charge in [0.25, 0.3) is 5.92 Å². The van der Waals surface area contributed by atoms with E-state index < -0.39 is 11.9 Å². The van der Waals surface area contributed by atoms with E-state index in [0.717, 1.165) is 6.42 Å². The van der Waals surface area contributed by atoms with E-state index in [2.05, 4.69) is 14.9 Å². The lowest BCUT2D eigenvalue weighted by molar-refractivity contribution is -0.150. The van der Waals surface area contributed by atoms with Crippen LogP contribution in [0.2, 0.25) is 0 Å². The van der Waals surface area contributed by atoms with E-state index in [-0.39, 0.29) is 24.0 Å². The number of piperidine rings is 2. The number of hydrogen-bond acceptors (Lipinski definition) is 5. The molecule has 142 valence electrons. The molecule has 0 amide bonds. The molecule has 0 spiro atoms. The molecule has 5 rings (SSSR count). The third-order valence-corrected chi connectivity index (χ3v) is 6.86.